The number of piperidine rings is 1. The summed E-state index contributed by atoms with van der Waals surface area (Å²) in [5.74, 6) is -0.680. The third-order valence-electron chi connectivity index (χ3n) is 5.90. The zero-order chi connectivity index (χ0) is 24.1. The molecule has 3 rings (SSSR count). The van der Waals surface area contributed by atoms with Crippen molar-refractivity contribution in [3.8, 4) is 5.75 Å². The van der Waals surface area contributed by atoms with Crippen LogP contribution >= 0.6 is 0 Å². The quantitative estimate of drug-likeness (QED) is 0.294. The second kappa shape index (κ2) is 10.9. The van der Waals surface area contributed by atoms with Crippen LogP contribution in [0.25, 0.3) is 0 Å². The number of hydrogen-bond donors (Lipinski definition) is 3. The van der Waals surface area contributed by atoms with E-state index in [0.29, 0.717) is 38.3 Å². The predicted molar refractivity (Wildman–Crippen MR) is 122 cm³/mol. The smallest absolute Gasteiger partial charge is 0.243 e. The molecule has 2 amide bonds. The minimum atomic E-state index is -3.83. The van der Waals surface area contributed by atoms with Gasteiger partial charge in [0.15, 0.2) is 11.6 Å². The second-order valence-electron chi connectivity index (χ2n) is 9.60. The van der Waals surface area contributed by atoms with Crippen LogP contribution in [-0.4, -0.2) is 45.0 Å². The van der Waals surface area contributed by atoms with Gasteiger partial charge in [0.1, 0.15) is 0 Å². The van der Waals surface area contributed by atoms with Crippen LogP contribution < -0.4 is 20.1 Å². The highest BCUT2D eigenvalue weighted by molar-refractivity contribution is 7.89. The number of unbranched alkanes of at least 4 members (excludes halogenated alkanes) is 2. The maximum Gasteiger partial charge on any atom is 0.243 e. The number of amides is 2. The molecule has 2 fully saturated rings. The van der Waals surface area contributed by atoms with E-state index in [1.54, 1.807) is 0 Å². The van der Waals surface area contributed by atoms with Crippen LogP contribution in [0.5, 0.6) is 5.75 Å². The van der Waals surface area contributed by atoms with Gasteiger partial charge in [0.2, 0.25) is 21.8 Å². The monoisotopic (exact) mass is 483 g/mol. The Morgan fingerprint density at radius 1 is 1.15 bits per heavy atom. The van der Waals surface area contributed by atoms with E-state index in [0.717, 1.165) is 38.2 Å². The van der Waals surface area contributed by atoms with Crippen LogP contribution in [0.3, 0.4) is 0 Å². The summed E-state index contributed by atoms with van der Waals surface area (Å²) in [6, 6.07) is 3.29. The summed E-state index contributed by atoms with van der Waals surface area (Å²) in [6.45, 7) is 4.69. The molecule has 2 aliphatic rings. The van der Waals surface area contributed by atoms with Gasteiger partial charge in [-0.1, -0.05) is 12.8 Å². The van der Waals surface area contributed by atoms with Gasteiger partial charge in [-0.25, -0.2) is 17.5 Å². The summed E-state index contributed by atoms with van der Waals surface area (Å²) in [5, 5.41) is 5.49. The number of hydrogen-bond acceptors (Lipinski definition) is 6. The molecule has 1 aromatic rings. The number of benzene rings is 1. The van der Waals surface area contributed by atoms with Crippen molar-refractivity contribution >= 4 is 21.8 Å². The molecule has 0 radical (unpaired) electrons. The van der Waals surface area contributed by atoms with E-state index in [9.17, 15) is 22.4 Å². The number of rotatable bonds is 13. The fourth-order valence-corrected chi connectivity index (χ4v) is 5.22. The van der Waals surface area contributed by atoms with Gasteiger partial charge in [-0.2, -0.15) is 0 Å². The molecular weight excluding hydrogens is 449 g/mol. The van der Waals surface area contributed by atoms with Crippen LogP contribution in [0.4, 0.5) is 4.39 Å². The highest BCUT2D eigenvalue weighted by atomic mass is 32.2. The van der Waals surface area contributed by atoms with Gasteiger partial charge in [0.05, 0.1) is 17.5 Å². The van der Waals surface area contributed by atoms with Gasteiger partial charge in [-0.15, -0.1) is 0 Å². The van der Waals surface area contributed by atoms with Gasteiger partial charge >= 0.3 is 0 Å². The number of carbonyl (C=O) groups excluding carboxylic acids is 2. The Morgan fingerprint density at radius 2 is 1.91 bits per heavy atom. The maximum atomic E-state index is 14.0. The lowest BCUT2D eigenvalue weighted by Gasteiger charge is -2.26. The van der Waals surface area contributed by atoms with E-state index >= 15 is 0 Å². The highest BCUT2D eigenvalue weighted by Crippen LogP contribution is 2.31. The maximum absolute atomic E-state index is 14.0. The summed E-state index contributed by atoms with van der Waals surface area (Å²) >= 11 is 0. The Kier molecular flexibility index (Phi) is 8.47. The highest BCUT2D eigenvalue weighted by Gasteiger charge is 2.28. The van der Waals surface area contributed by atoms with Crippen LogP contribution in [0.1, 0.15) is 65.2 Å². The summed E-state index contributed by atoms with van der Waals surface area (Å²) in [7, 11) is -3.83. The predicted octanol–water partition coefficient (Wildman–Crippen LogP) is 2.63. The van der Waals surface area contributed by atoms with Crippen LogP contribution in [0.15, 0.2) is 23.1 Å². The number of halogens is 1. The first-order chi connectivity index (χ1) is 15.6. The lowest BCUT2D eigenvalue weighted by Crippen LogP contribution is -2.50. The fraction of sp³-hybridized carbons (Fsp3) is 0.652. The van der Waals surface area contributed by atoms with E-state index in [2.05, 4.69) is 15.4 Å². The lowest BCUT2D eigenvalue weighted by molar-refractivity contribution is -0.134. The van der Waals surface area contributed by atoms with Crippen molar-refractivity contribution < 1.29 is 27.1 Å². The number of ether oxygens (including phenoxy) is 1. The average Bonchev–Trinajstić information content (AvgIpc) is 3.55. The van der Waals surface area contributed by atoms with Crippen LogP contribution in [-0.2, 0) is 19.6 Å². The second-order valence-corrected chi connectivity index (χ2v) is 11.3. The molecule has 1 saturated carbocycles. The van der Waals surface area contributed by atoms with Crippen LogP contribution in [0, 0.1) is 11.7 Å². The molecule has 33 heavy (non-hydrogen) atoms. The SMILES string of the molecule is CC(C)(CCCCCNC1CCC(=O)NC1=O)NS(=O)(=O)c1ccc(F)c(OCC2CC2)c1. The Bertz CT molecular complexity index is 963. The van der Waals surface area contributed by atoms with Crippen molar-refractivity contribution in [2.75, 3.05) is 13.2 Å². The van der Waals surface area contributed by atoms with Crippen LogP contribution in [0.2, 0.25) is 0 Å². The van der Waals surface area contributed by atoms with Crippen molar-refractivity contribution in [2.45, 2.75) is 81.7 Å². The topological polar surface area (TPSA) is 114 Å². The molecule has 1 saturated heterocycles. The van der Waals surface area contributed by atoms with Crippen molar-refractivity contribution in [3.63, 3.8) is 0 Å². The van der Waals surface area contributed by atoms with E-state index in [1.165, 1.54) is 12.1 Å². The summed E-state index contributed by atoms with van der Waals surface area (Å²) in [5.41, 5.74) is -0.681. The number of sulfonamides is 1. The zero-order valence-electron chi connectivity index (χ0n) is 19.3. The normalized spacial score (nSPS) is 19.4. The standard InChI is InChI=1S/C23H34FN3O5S/c1-23(2,12-4-3-5-13-25-19-10-11-21(28)26-22(19)29)27-33(30,31)17-8-9-18(24)20(14-17)32-15-16-6-7-16/h8-9,14,16,19,25,27H,3-7,10-13,15H2,1-2H3,(H,26,28,29). The molecule has 0 spiro atoms. The van der Waals surface area contributed by atoms with E-state index in [4.69, 9.17) is 4.74 Å². The molecule has 1 aliphatic carbocycles. The Balaban J connectivity index is 1.42. The summed E-state index contributed by atoms with van der Waals surface area (Å²) < 4.78 is 47.9. The van der Waals surface area contributed by atoms with Crippen molar-refractivity contribution in [1.29, 1.82) is 0 Å². The molecule has 0 aromatic heterocycles. The first kappa shape index (κ1) is 25.6. The Hall–Kier alpha value is -2.04. The fourth-order valence-electron chi connectivity index (χ4n) is 3.76. The lowest BCUT2D eigenvalue weighted by atomic mass is 9.98. The molecule has 1 unspecified atom stereocenters. The van der Waals surface area contributed by atoms with Gasteiger partial charge in [0, 0.05) is 18.0 Å². The zero-order valence-corrected chi connectivity index (χ0v) is 20.1. The molecule has 3 N–H and O–H groups in total. The minimum absolute atomic E-state index is 0.0174. The number of imide groups is 1. The van der Waals surface area contributed by atoms with Crippen molar-refractivity contribution in [1.82, 2.24) is 15.4 Å². The minimum Gasteiger partial charge on any atom is -0.490 e. The van der Waals surface area contributed by atoms with Crippen molar-refractivity contribution in [2.24, 2.45) is 5.92 Å². The Labute approximate surface area is 195 Å². The summed E-state index contributed by atoms with van der Waals surface area (Å²) in [4.78, 5) is 22.9. The molecular formula is C23H34FN3O5S. The average molecular weight is 484 g/mol. The van der Waals surface area contributed by atoms with Gasteiger partial charge < -0.3 is 10.1 Å². The first-order valence-electron chi connectivity index (χ1n) is 11.6. The van der Waals surface area contributed by atoms with Crippen molar-refractivity contribution in [3.05, 3.63) is 24.0 Å². The first-order valence-corrected chi connectivity index (χ1v) is 13.1. The molecule has 1 aromatic carbocycles. The van der Waals surface area contributed by atoms with E-state index < -0.39 is 21.4 Å². The van der Waals surface area contributed by atoms with Gasteiger partial charge in [-0.05, 0) is 70.5 Å². The molecule has 10 heteroatoms. The third kappa shape index (κ3) is 8.04. The Morgan fingerprint density at radius 3 is 2.61 bits per heavy atom. The molecule has 0 bridgehead atoms. The number of nitrogens with one attached hydrogen (secondary N) is 3. The third-order valence-corrected chi connectivity index (χ3v) is 7.60. The van der Waals surface area contributed by atoms with Gasteiger partial charge in [-0.3, -0.25) is 14.9 Å². The summed E-state index contributed by atoms with van der Waals surface area (Å²) in [6.07, 6.45) is 6.09. The molecule has 1 heterocycles. The van der Waals surface area contributed by atoms with Gasteiger partial charge in [0.25, 0.3) is 0 Å². The molecule has 8 nitrogen and oxygen atoms in total. The molecule has 1 atom stereocenters. The molecule has 184 valence electrons. The molecule has 1 aliphatic heterocycles. The number of carbonyl (C=O) groups is 2. The largest absolute Gasteiger partial charge is 0.490 e. The van der Waals surface area contributed by atoms with E-state index in [1.807, 2.05) is 13.8 Å². The van der Waals surface area contributed by atoms with E-state index in [-0.39, 0.29) is 28.5 Å².